The van der Waals surface area contributed by atoms with Gasteiger partial charge in [-0.3, -0.25) is 5.10 Å². The number of rotatable bonds is 10. The van der Waals surface area contributed by atoms with Crippen molar-refractivity contribution >= 4 is 41.6 Å². The molecule has 1 aromatic heterocycles. The van der Waals surface area contributed by atoms with Crippen molar-refractivity contribution in [3.8, 4) is 0 Å². The summed E-state index contributed by atoms with van der Waals surface area (Å²) >= 11 is 8.16. The molecule has 7 heteroatoms. The molecule has 1 atom stereocenters. The van der Waals surface area contributed by atoms with E-state index < -0.39 is 0 Å². The highest BCUT2D eigenvalue weighted by molar-refractivity contribution is 8.01. The Kier molecular flexibility index (Phi) is 7.28. The van der Waals surface area contributed by atoms with Crippen molar-refractivity contribution in [1.29, 1.82) is 0 Å². The van der Waals surface area contributed by atoms with Crippen LogP contribution in [0.15, 0.2) is 16.6 Å². The maximum absolute atomic E-state index is 11.3. The van der Waals surface area contributed by atoms with Crippen molar-refractivity contribution in [1.82, 2.24) is 15.5 Å². The Bertz CT molecular complexity index is 564. The molecule has 0 fully saturated rings. The normalized spacial score (nSPS) is 14.4. The summed E-state index contributed by atoms with van der Waals surface area (Å²) in [6.07, 6.45) is 2.70. The van der Waals surface area contributed by atoms with Gasteiger partial charge < -0.3 is 10.1 Å². The van der Waals surface area contributed by atoms with Gasteiger partial charge in [-0.1, -0.05) is 57.4 Å². The molecule has 22 heavy (non-hydrogen) atoms. The van der Waals surface area contributed by atoms with Crippen LogP contribution in [0.4, 0.5) is 0 Å². The van der Waals surface area contributed by atoms with E-state index >= 15 is 0 Å². The minimum Gasteiger partial charge on any atom is -0.388 e. The van der Waals surface area contributed by atoms with E-state index in [2.05, 4.69) is 42.9 Å². The Morgan fingerprint density at radius 1 is 1.55 bits per heavy atom. The Morgan fingerprint density at radius 2 is 2.23 bits per heavy atom. The van der Waals surface area contributed by atoms with Crippen molar-refractivity contribution in [2.45, 2.75) is 44.9 Å². The first-order chi connectivity index (χ1) is 10.2. The quantitative estimate of drug-likeness (QED) is 0.280. The number of nitrogens with one attached hydrogen (secondary N) is 2. The number of aromatic amines is 1. The van der Waals surface area contributed by atoms with Crippen LogP contribution in [0.1, 0.15) is 40.5 Å². The van der Waals surface area contributed by atoms with E-state index in [0.717, 1.165) is 41.5 Å². The van der Waals surface area contributed by atoms with E-state index in [1.165, 1.54) is 11.3 Å². The summed E-state index contributed by atoms with van der Waals surface area (Å²) in [5, 5.41) is 10.3. The molecule has 0 aliphatic rings. The lowest BCUT2D eigenvalue weighted by atomic mass is 9.72. The summed E-state index contributed by atoms with van der Waals surface area (Å²) in [5.41, 5.74) is 0.558. The number of nitrogens with zero attached hydrogens (tertiary/aromatic N) is 1. The second-order valence-corrected chi connectivity index (χ2v) is 9.33. The molecule has 0 saturated heterocycles. The van der Waals surface area contributed by atoms with Crippen molar-refractivity contribution in [3.63, 3.8) is 0 Å². The predicted molar refractivity (Wildman–Crippen MR) is 98.0 cm³/mol. The number of hydrogen-bond acceptors (Lipinski definition) is 6. The van der Waals surface area contributed by atoms with Crippen LogP contribution in [0.25, 0.3) is 0 Å². The number of carbonyl (C=O) groups is 1. The predicted octanol–water partition coefficient (Wildman–Crippen LogP) is 4.43. The highest BCUT2D eigenvalue weighted by Gasteiger charge is 2.32. The van der Waals surface area contributed by atoms with Gasteiger partial charge in [-0.2, -0.15) is 5.10 Å². The second-order valence-electron chi connectivity index (χ2n) is 6.32. The summed E-state index contributed by atoms with van der Waals surface area (Å²) in [7, 11) is 0. The Balaban J connectivity index is 2.42. The molecule has 124 valence electrons. The van der Waals surface area contributed by atoms with E-state index in [1.807, 2.05) is 6.92 Å². The molecule has 1 rings (SSSR count). The molecule has 2 N–H and O–H groups in total. The molecule has 0 saturated carbocycles. The average Bonchev–Trinajstić information content (AvgIpc) is 2.88. The molecule has 0 aliphatic carbocycles. The molecule has 1 aromatic rings. The summed E-state index contributed by atoms with van der Waals surface area (Å²) in [6, 6.07) is 0. The number of H-pyrrole nitrogens is 1. The molecular weight excluding hydrogens is 334 g/mol. The number of aldehydes is 1. The van der Waals surface area contributed by atoms with Gasteiger partial charge in [0.1, 0.15) is 6.29 Å². The summed E-state index contributed by atoms with van der Waals surface area (Å²) in [5.74, 6) is 0.893. The lowest BCUT2D eigenvalue weighted by molar-refractivity contribution is -0.116. The Morgan fingerprint density at radius 3 is 2.73 bits per heavy atom. The minimum absolute atomic E-state index is 0.126. The van der Waals surface area contributed by atoms with Crippen LogP contribution in [0, 0.1) is 14.8 Å². The molecular formula is C15H25N3OS3. The van der Waals surface area contributed by atoms with Crippen molar-refractivity contribution in [2.75, 3.05) is 12.3 Å². The highest BCUT2D eigenvalue weighted by Crippen LogP contribution is 2.38. The zero-order valence-corrected chi connectivity index (χ0v) is 16.1. The molecule has 0 spiro atoms. The molecule has 4 nitrogen and oxygen atoms in total. The average molecular weight is 360 g/mol. The number of aromatic nitrogens is 2. The van der Waals surface area contributed by atoms with Crippen LogP contribution < -0.4 is 5.32 Å². The number of carbonyl (C=O) groups excluding carboxylic acids is 1. The van der Waals surface area contributed by atoms with Gasteiger partial charge in [0.15, 0.2) is 8.29 Å². The number of hydrogen-bond donors (Lipinski definition) is 2. The molecule has 0 aliphatic heterocycles. The molecule has 1 unspecified atom stereocenters. The fourth-order valence-corrected chi connectivity index (χ4v) is 4.23. The molecule has 1 heterocycles. The van der Waals surface area contributed by atoms with Gasteiger partial charge >= 0.3 is 0 Å². The van der Waals surface area contributed by atoms with Crippen molar-refractivity contribution in [2.24, 2.45) is 10.8 Å². The molecule has 0 amide bonds. The highest BCUT2D eigenvalue weighted by atomic mass is 32.2. The zero-order chi connectivity index (χ0) is 16.8. The minimum atomic E-state index is -0.292. The third kappa shape index (κ3) is 5.85. The summed E-state index contributed by atoms with van der Waals surface area (Å²) in [4.78, 5) is 11.3. The summed E-state index contributed by atoms with van der Waals surface area (Å²) in [6.45, 7) is 13.3. The first kappa shape index (κ1) is 19.4. The molecule has 0 bridgehead atoms. The van der Waals surface area contributed by atoms with E-state index in [4.69, 9.17) is 12.2 Å². The fourth-order valence-electron chi connectivity index (χ4n) is 2.22. The molecule has 0 aromatic carbocycles. The van der Waals surface area contributed by atoms with Gasteiger partial charge in [0.25, 0.3) is 0 Å². The lowest BCUT2D eigenvalue weighted by Gasteiger charge is -2.35. The van der Waals surface area contributed by atoms with Gasteiger partial charge in [0.05, 0.1) is 0 Å². The van der Waals surface area contributed by atoms with Gasteiger partial charge in [-0.05, 0) is 25.1 Å². The van der Waals surface area contributed by atoms with Gasteiger partial charge in [0, 0.05) is 28.8 Å². The smallest absolute Gasteiger partial charge is 0.177 e. The summed E-state index contributed by atoms with van der Waals surface area (Å²) < 4.78 is 1.66. The number of allylic oxidation sites excluding steroid dienone is 1. The van der Waals surface area contributed by atoms with E-state index in [1.54, 1.807) is 11.8 Å². The van der Waals surface area contributed by atoms with Crippen molar-refractivity contribution < 1.29 is 4.79 Å². The van der Waals surface area contributed by atoms with Crippen LogP contribution in [0.2, 0.25) is 0 Å². The van der Waals surface area contributed by atoms with Crippen LogP contribution in [0.3, 0.4) is 0 Å². The Labute approximate surface area is 146 Å². The SMILES string of the molecule is C=C(NCCSc1n[nH]c(=S)s1)C(C)(C)CC(C)(C=O)CC. The van der Waals surface area contributed by atoms with E-state index in [9.17, 15) is 4.79 Å². The maximum atomic E-state index is 11.3. The van der Waals surface area contributed by atoms with Gasteiger partial charge in [-0.15, -0.1) is 0 Å². The number of thioether (sulfide) groups is 1. The topological polar surface area (TPSA) is 57.8 Å². The first-order valence-electron chi connectivity index (χ1n) is 7.30. The van der Waals surface area contributed by atoms with Crippen LogP contribution in [-0.4, -0.2) is 28.8 Å². The maximum Gasteiger partial charge on any atom is 0.177 e. The van der Waals surface area contributed by atoms with Gasteiger partial charge in [-0.25, -0.2) is 0 Å². The molecule has 0 radical (unpaired) electrons. The van der Waals surface area contributed by atoms with E-state index in [0.29, 0.717) is 3.95 Å². The van der Waals surface area contributed by atoms with Crippen molar-refractivity contribution in [3.05, 3.63) is 16.2 Å². The van der Waals surface area contributed by atoms with E-state index in [-0.39, 0.29) is 10.8 Å². The fraction of sp³-hybridized carbons (Fsp3) is 0.667. The second kappa shape index (κ2) is 8.26. The van der Waals surface area contributed by atoms with Crippen LogP contribution in [-0.2, 0) is 4.79 Å². The third-order valence-electron chi connectivity index (χ3n) is 3.84. The van der Waals surface area contributed by atoms with Crippen LogP contribution in [0.5, 0.6) is 0 Å². The standard InChI is InChI=1S/C15H25N3OS3/c1-6-15(5,10-19)9-14(3,4)11(2)16-7-8-21-13-18-17-12(20)22-13/h10,16H,2,6-9H2,1,3-5H3,(H,17,20). The Hall–Kier alpha value is -0.660. The first-order valence-corrected chi connectivity index (χ1v) is 9.51. The monoisotopic (exact) mass is 359 g/mol. The van der Waals surface area contributed by atoms with Crippen LogP contribution >= 0.6 is 35.3 Å². The van der Waals surface area contributed by atoms with Gasteiger partial charge in [0.2, 0.25) is 0 Å². The lowest BCUT2D eigenvalue weighted by Crippen LogP contribution is -2.33. The zero-order valence-electron chi connectivity index (χ0n) is 13.7. The third-order valence-corrected chi connectivity index (χ3v) is 6.07. The largest absolute Gasteiger partial charge is 0.388 e.